The Labute approximate surface area is 127 Å². The van der Waals surface area contributed by atoms with Gasteiger partial charge in [-0.25, -0.2) is 9.48 Å². The fraction of sp³-hybridized carbons (Fsp3) is 0.400. The maximum absolute atomic E-state index is 12.1. The molecule has 1 saturated heterocycles. The Morgan fingerprint density at radius 3 is 2.68 bits per heavy atom. The summed E-state index contributed by atoms with van der Waals surface area (Å²) in [6, 6.07) is 9.75. The number of hydrogen-bond acceptors (Lipinski definition) is 4. The van der Waals surface area contributed by atoms with E-state index in [9.17, 15) is 9.59 Å². The topological polar surface area (TPSA) is 80.2 Å². The van der Waals surface area contributed by atoms with Crippen molar-refractivity contribution in [3.63, 3.8) is 0 Å². The number of hydrogen-bond donors (Lipinski definition) is 1. The summed E-state index contributed by atoms with van der Waals surface area (Å²) in [6.07, 6.45) is 0.537. The van der Waals surface area contributed by atoms with E-state index in [1.165, 1.54) is 4.68 Å². The Morgan fingerprint density at radius 1 is 1.23 bits per heavy atom. The number of aromatic amines is 1. The number of rotatable bonds is 4. The Bertz CT molecular complexity index is 686. The number of amides is 1. The van der Waals surface area contributed by atoms with E-state index in [-0.39, 0.29) is 18.1 Å². The number of ether oxygens (including phenoxy) is 1. The third kappa shape index (κ3) is 3.43. The van der Waals surface area contributed by atoms with Crippen LogP contribution in [0.3, 0.4) is 0 Å². The van der Waals surface area contributed by atoms with Crippen molar-refractivity contribution in [3.8, 4) is 0 Å². The molecule has 0 bridgehead atoms. The number of carbonyl (C=O) groups excluding carboxylic acids is 1. The van der Waals surface area contributed by atoms with E-state index in [2.05, 4.69) is 10.1 Å². The lowest BCUT2D eigenvalue weighted by Crippen LogP contribution is -2.43. The zero-order chi connectivity index (χ0) is 15.4. The first-order valence-corrected chi connectivity index (χ1v) is 7.28. The van der Waals surface area contributed by atoms with Crippen molar-refractivity contribution in [2.75, 3.05) is 26.3 Å². The maximum atomic E-state index is 12.1. The summed E-state index contributed by atoms with van der Waals surface area (Å²) in [7, 11) is 0. The van der Waals surface area contributed by atoms with Gasteiger partial charge in [-0.1, -0.05) is 30.3 Å². The minimum absolute atomic E-state index is 0.0376. The molecule has 116 valence electrons. The number of morpholine rings is 1. The van der Waals surface area contributed by atoms with Gasteiger partial charge >= 0.3 is 5.69 Å². The molecule has 0 spiro atoms. The average molecular weight is 302 g/mol. The minimum Gasteiger partial charge on any atom is -0.378 e. The van der Waals surface area contributed by atoms with Gasteiger partial charge in [0.15, 0.2) is 0 Å². The molecule has 3 rings (SSSR count). The number of benzene rings is 1. The number of nitrogens with zero attached hydrogens (tertiary/aromatic N) is 3. The van der Waals surface area contributed by atoms with Crippen molar-refractivity contribution in [2.45, 2.75) is 13.0 Å². The third-order valence-electron chi connectivity index (χ3n) is 3.59. The molecule has 1 aliphatic rings. The molecule has 0 unspecified atom stereocenters. The minimum atomic E-state index is -0.354. The van der Waals surface area contributed by atoms with E-state index >= 15 is 0 Å². The summed E-state index contributed by atoms with van der Waals surface area (Å²) in [6.45, 7) is 2.18. The molecule has 1 aliphatic heterocycles. The van der Waals surface area contributed by atoms with Crippen molar-refractivity contribution < 1.29 is 9.53 Å². The molecule has 1 aromatic carbocycles. The van der Waals surface area contributed by atoms with Gasteiger partial charge in [-0.15, -0.1) is 0 Å². The summed E-state index contributed by atoms with van der Waals surface area (Å²) in [4.78, 5) is 28.4. The van der Waals surface area contributed by atoms with E-state index in [0.717, 1.165) is 5.56 Å². The van der Waals surface area contributed by atoms with E-state index < -0.39 is 0 Å². The summed E-state index contributed by atoms with van der Waals surface area (Å²) in [5.74, 6) is 0.453. The van der Waals surface area contributed by atoms with Crippen molar-refractivity contribution in [1.82, 2.24) is 19.7 Å². The van der Waals surface area contributed by atoms with Crippen LogP contribution in [0.25, 0.3) is 0 Å². The highest BCUT2D eigenvalue weighted by molar-refractivity contribution is 5.75. The zero-order valence-electron chi connectivity index (χ0n) is 12.2. The van der Waals surface area contributed by atoms with Crippen LogP contribution in [0.5, 0.6) is 0 Å². The van der Waals surface area contributed by atoms with Gasteiger partial charge < -0.3 is 9.64 Å². The van der Waals surface area contributed by atoms with Crippen LogP contribution in [-0.4, -0.2) is 51.9 Å². The Kier molecular flexibility index (Phi) is 4.34. The predicted molar refractivity (Wildman–Crippen MR) is 79.5 cm³/mol. The molecule has 1 fully saturated rings. The lowest BCUT2D eigenvalue weighted by molar-refractivity contribution is -0.136. The van der Waals surface area contributed by atoms with Crippen LogP contribution in [0, 0.1) is 0 Å². The number of carbonyl (C=O) groups is 1. The van der Waals surface area contributed by atoms with Crippen molar-refractivity contribution in [2.24, 2.45) is 0 Å². The molecular weight excluding hydrogens is 284 g/mol. The molecule has 0 radical (unpaired) electrons. The second-order valence-corrected chi connectivity index (χ2v) is 5.19. The van der Waals surface area contributed by atoms with Gasteiger partial charge in [0.05, 0.1) is 13.2 Å². The molecule has 1 aromatic heterocycles. The van der Waals surface area contributed by atoms with E-state index in [1.54, 1.807) is 4.90 Å². The summed E-state index contributed by atoms with van der Waals surface area (Å²) in [5.41, 5.74) is 0.704. The maximum Gasteiger partial charge on any atom is 0.343 e. The predicted octanol–water partition coefficient (Wildman–Crippen LogP) is 0.0210. The number of aromatic nitrogens is 3. The average Bonchev–Trinajstić information content (AvgIpc) is 2.88. The lowest BCUT2D eigenvalue weighted by atomic mass is 10.1. The van der Waals surface area contributed by atoms with Gasteiger partial charge in [-0.3, -0.25) is 9.78 Å². The largest absolute Gasteiger partial charge is 0.378 e. The number of H-pyrrole nitrogens is 1. The molecule has 1 N–H and O–H groups in total. The van der Waals surface area contributed by atoms with Crippen LogP contribution in [-0.2, 0) is 22.5 Å². The smallest absolute Gasteiger partial charge is 0.343 e. The molecule has 1 amide bonds. The van der Waals surface area contributed by atoms with Crippen molar-refractivity contribution in [3.05, 3.63) is 52.2 Å². The second kappa shape index (κ2) is 6.57. The normalized spacial score (nSPS) is 15.0. The molecular formula is C15H18N4O3. The van der Waals surface area contributed by atoms with E-state index in [1.807, 2.05) is 30.3 Å². The SMILES string of the molecule is O=C(Cn1nc(Cc2ccccc2)[nH]c1=O)N1CCOCC1. The van der Waals surface area contributed by atoms with Crippen molar-refractivity contribution >= 4 is 5.91 Å². The monoisotopic (exact) mass is 302 g/mol. The summed E-state index contributed by atoms with van der Waals surface area (Å²) >= 11 is 0. The molecule has 7 heteroatoms. The molecule has 0 atom stereocenters. The van der Waals surface area contributed by atoms with Crippen LogP contribution in [0.15, 0.2) is 35.1 Å². The van der Waals surface area contributed by atoms with Crippen molar-refractivity contribution in [1.29, 1.82) is 0 Å². The van der Waals surface area contributed by atoms with Gasteiger partial charge in [0.25, 0.3) is 0 Å². The third-order valence-corrected chi connectivity index (χ3v) is 3.59. The highest BCUT2D eigenvalue weighted by Crippen LogP contribution is 2.04. The summed E-state index contributed by atoms with van der Waals surface area (Å²) < 4.78 is 6.40. The second-order valence-electron chi connectivity index (χ2n) is 5.19. The quantitative estimate of drug-likeness (QED) is 0.863. The van der Waals surface area contributed by atoms with E-state index in [0.29, 0.717) is 38.5 Å². The molecule has 2 aromatic rings. The Hall–Kier alpha value is -2.41. The zero-order valence-corrected chi connectivity index (χ0v) is 12.2. The van der Waals surface area contributed by atoms with Crippen LogP contribution >= 0.6 is 0 Å². The molecule has 22 heavy (non-hydrogen) atoms. The molecule has 7 nitrogen and oxygen atoms in total. The van der Waals surface area contributed by atoms with Gasteiger partial charge in [0.1, 0.15) is 12.4 Å². The molecule has 0 saturated carbocycles. The highest BCUT2D eigenvalue weighted by atomic mass is 16.5. The molecule has 2 heterocycles. The van der Waals surface area contributed by atoms with Crippen LogP contribution in [0.4, 0.5) is 0 Å². The molecule has 0 aliphatic carbocycles. The number of nitrogens with one attached hydrogen (secondary N) is 1. The highest BCUT2D eigenvalue weighted by Gasteiger charge is 2.18. The Balaban J connectivity index is 1.67. The first-order chi connectivity index (χ1) is 10.7. The fourth-order valence-corrected chi connectivity index (χ4v) is 2.42. The van der Waals surface area contributed by atoms with Crippen LogP contribution in [0.1, 0.15) is 11.4 Å². The van der Waals surface area contributed by atoms with Gasteiger partial charge in [0, 0.05) is 19.5 Å². The van der Waals surface area contributed by atoms with E-state index in [4.69, 9.17) is 4.74 Å². The van der Waals surface area contributed by atoms with Gasteiger partial charge in [0.2, 0.25) is 5.91 Å². The first-order valence-electron chi connectivity index (χ1n) is 7.28. The summed E-state index contributed by atoms with van der Waals surface area (Å²) in [5, 5.41) is 4.21. The lowest BCUT2D eigenvalue weighted by Gasteiger charge is -2.26. The first kappa shape index (κ1) is 14.5. The van der Waals surface area contributed by atoms with Gasteiger partial charge in [-0.05, 0) is 5.56 Å². The van der Waals surface area contributed by atoms with Crippen LogP contribution in [0.2, 0.25) is 0 Å². The standard InChI is InChI=1S/C15H18N4O3/c20-14(18-6-8-22-9-7-18)11-19-15(21)16-13(17-19)10-12-4-2-1-3-5-12/h1-5H,6-11H2,(H,16,17,21). The fourth-order valence-electron chi connectivity index (χ4n) is 2.42. The van der Waals surface area contributed by atoms with Gasteiger partial charge in [-0.2, -0.15) is 5.10 Å². The Morgan fingerprint density at radius 2 is 1.95 bits per heavy atom. The van der Waals surface area contributed by atoms with Crippen LogP contribution < -0.4 is 5.69 Å².